The first-order chi connectivity index (χ1) is 9.00. The van der Waals surface area contributed by atoms with Gasteiger partial charge in [-0.1, -0.05) is 13.2 Å². The summed E-state index contributed by atoms with van der Waals surface area (Å²) in [5.74, 6) is -4.34. The highest BCUT2D eigenvalue weighted by Crippen LogP contribution is 1.87. The standard InChI is InChI=1S/2C5H8O2.C2H2O4/c2*1-4(2)5(6)7-3;3-1(4)2(5)6/h2*1H2,2-3H3;(H,3,4)(H,5,6). The Balaban J connectivity index is -0.000000218. The lowest BCUT2D eigenvalue weighted by Crippen LogP contribution is -2.09. The van der Waals surface area contributed by atoms with Gasteiger partial charge in [0.2, 0.25) is 0 Å². The average molecular weight is 290 g/mol. The van der Waals surface area contributed by atoms with Crippen molar-refractivity contribution < 1.29 is 38.9 Å². The van der Waals surface area contributed by atoms with Crippen molar-refractivity contribution in [3.05, 3.63) is 24.3 Å². The molecular formula is C12H18O8. The van der Waals surface area contributed by atoms with Crippen LogP contribution in [0, 0.1) is 0 Å². The maximum Gasteiger partial charge on any atom is 0.414 e. The molecule has 0 aromatic rings. The number of aliphatic carboxylic acids is 2. The maximum atomic E-state index is 10.2. The van der Waals surface area contributed by atoms with Gasteiger partial charge in [-0.2, -0.15) is 0 Å². The van der Waals surface area contributed by atoms with E-state index in [2.05, 4.69) is 22.6 Å². The number of esters is 2. The fourth-order valence-electron chi connectivity index (χ4n) is 0.348. The molecule has 0 saturated heterocycles. The Morgan fingerprint density at radius 1 is 0.750 bits per heavy atom. The lowest BCUT2D eigenvalue weighted by atomic mass is 10.4. The Kier molecular flexibility index (Phi) is 14.4. The van der Waals surface area contributed by atoms with Crippen molar-refractivity contribution in [3.8, 4) is 0 Å². The highest BCUT2D eigenvalue weighted by Gasteiger charge is 2.04. The number of carbonyl (C=O) groups excluding carboxylic acids is 2. The van der Waals surface area contributed by atoms with E-state index in [9.17, 15) is 9.59 Å². The quantitative estimate of drug-likeness (QED) is 0.430. The van der Waals surface area contributed by atoms with E-state index >= 15 is 0 Å². The molecule has 0 bridgehead atoms. The van der Waals surface area contributed by atoms with Crippen LogP contribution in [0.5, 0.6) is 0 Å². The smallest absolute Gasteiger partial charge is 0.414 e. The molecule has 0 aliphatic rings. The zero-order chi connectivity index (χ0) is 16.9. The number of carboxylic acids is 2. The topological polar surface area (TPSA) is 127 Å². The molecule has 8 heteroatoms. The summed E-state index contributed by atoms with van der Waals surface area (Å²) in [6.07, 6.45) is 0. The average Bonchev–Trinajstić information content (AvgIpc) is 2.37. The minimum absolute atomic E-state index is 0.347. The van der Waals surface area contributed by atoms with Crippen LogP contribution in [-0.2, 0) is 28.7 Å². The SMILES string of the molecule is C=C(C)C(=O)OC.C=C(C)C(=O)OC.O=C(O)C(=O)O. The molecule has 0 atom stereocenters. The molecule has 0 unspecified atom stereocenters. The fraction of sp³-hybridized carbons (Fsp3) is 0.333. The van der Waals surface area contributed by atoms with Crippen LogP contribution >= 0.6 is 0 Å². The van der Waals surface area contributed by atoms with Crippen molar-refractivity contribution in [2.24, 2.45) is 0 Å². The van der Waals surface area contributed by atoms with Gasteiger partial charge in [-0.05, 0) is 13.8 Å². The van der Waals surface area contributed by atoms with Crippen molar-refractivity contribution in [1.29, 1.82) is 0 Å². The van der Waals surface area contributed by atoms with Crippen LogP contribution in [-0.4, -0.2) is 48.3 Å². The second-order valence-electron chi connectivity index (χ2n) is 3.15. The first-order valence-corrected chi connectivity index (χ1v) is 4.95. The normalized spacial score (nSPS) is 7.60. The highest BCUT2D eigenvalue weighted by atomic mass is 16.5. The lowest BCUT2D eigenvalue weighted by Gasteiger charge is -1.91. The molecule has 20 heavy (non-hydrogen) atoms. The monoisotopic (exact) mass is 290 g/mol. The number of carbonyl (C=O) groups is 4. The van der Waals surface area contributed by atoms with Gasteiger partial charge in [0.15, 0.2) is 0 Å². The van der Waals surface area contributed by atoms with Crippen LogP contribution < -0.4 is 0 Å². The Bertz CT molecular complexity index is 356. The number of hydrogen-bond acceptors (Lipinski definition) is 6. The summed E-state index contributed by atoms with van der Waals surface area (Å²) >= 11 is 0. The van der Waals surface area contributed by atoms with E-state index in [-0.39, 0.29) is 11.9 Å². The molecular weight excluding hydrogens is 272 g/mol. The van der Waals surface area contributed by atoms with Crippen LogP contribution in [0.15, 0.2) is 24.3 Å². The van der Waals surface area contributed by atoms with Gasteiger partial charge in [-0.15, -0.1) is 0 Å². The third-order valence-electron chi connectivity index (χ3n) is 1.25. The van der Waals surface area contributed by atoms with Gasteiger partial charge in [0.25, 0.3) is 0 Å². The van der Waals surface area contributed by atoms with Crippen molar-refractivity contribution in [2.75, 3.05) is 14.2 Å². The lowest BCUT2D eigenvalue weighted by molar-refractivity contribution is -0.159. The molecule has 0 aliphatic heterocycles. The van der Waals surface area contributed by atoms with Gasteiger partial charge < -0.3 is 19.7 Å². The first-order valence-electron chi connectivity index (χ1n) is 4.95. The Morgan fingerprint density at radius 2 is 0.950 bits per heavy atom. The Labute approximate surface area is 116 Å². The molecule has 0 saturated carbocycles. The number of rotatable bonds is 2. The van der Waals surface area contributed by atoms with Crippen LogP contribution in [0.2, 0.25) is 0 Å². The molecule has 114 valence electrons. The number of ether oxygens (including phenoxy) is 2. The highest BCUT2D eigenvalue weighted by molar-refractivity contribution is 6.27. The minimum atomic E-state index is -1.82. The van der Waals surface area contributed by atoms with E-state index in [0.29, 0.717) is 11.1 Å². The van der Waals surface area contributed by atoms with Gasteiger partial charge in [0, 0.05) is 11.1 Å². The van der Waals surface area contributed by atoms with Crippen LogP contribution in [0.1, 0.15) is 13.8 Å². The zero-order valence-electron chi connectivity index (χ0n) is 11.8. The predicted octanol–water partition coefficient (Wildman–Crippen LogP) is 0.627. The summed E-state index contributed by atoms with van der Waals surface area (Å²) in [5.41, 5.74) is 0.866. The summed E-state index contributed by atoms with van der Waals surface area (Å²) in [6.45, 7) is 9.91. The van der Waals surface area contributed by atoms with Crippen LogP contribution in [0.3, 0.4) is 0 Å². The van der Waals surface area contributed by atoms with Gasteiger partial charge in [0.1, 0.15) is 0 Å². The first kappa shape index (κ1) is 22.5. The van der Waals surface area contributed by atoms with Gasteiger partial charge >= 0.3 is 23.9 Å². The third-order valence-corrected chi connectivity index (χ3v) is 1.25. The van der Waals surface area contributed by atoms with Crippen molar-refractivity contribution in [3.63, 3.8) is 0 Å². The molecule has 0 spiro atoms. The Morgan fingerprint density at radius 3 is 0.950 bits per heavy atom. The van der Waals surface area contributed by atoms with Crippen LogP contribution in [0.4, 0.5) is 0 Å². The van der Waals surface area contributed by atoms with Gasteiger partial charge in [-0.3, -0.25) is 0 Å². The second kappa shape index (κ2) is 12.8. The molecule has 8 nitrogen and oxygen atoms in total. The van der Waals surface area contributed by atoms with E-state index < -0.39 is 11.9 Å². The van der Waals surface area contributed by atoms with E-state index in [1.165, 1.54) is 14.2 Å². The molecule has 0 fully saturated rings. The molecule has 0 aliphatic carbocycles. The van der Waals surface area contributed by atoms with E-state index in [1.54, 1.807) is 13.8 Å². The largest absolute Gasteiger partial charge is 0.473 e. The van der Waals surface area contributed by atoms with Crippen LogP contribution in [0.25, 0.3) is 0 Å². The molecule has 0 aromatic heterocycles. The zero-order valence-corrected chi connectivity index (χ0v) is 11.8. The summed E-state index contributed by atoms with van der Waals surface area (Å²) in [6, 6.07) is 0. The summed E-state index contributed by atoms with van der Waals surface area (Å²) in [4.78, 5) is 38.6. The number of methoxy groups -OCH3 is 2. The summed E-state index contributed by atoms with van der Waals surface area (Å²) < 4.78 is 8.55. The predicted molar refractivity (Wildman–Crippen MR) is 68.9 cm³/mol. The van der Waals surface area contributed by atoms with Crippen molar-refractivity contribution >= 4 is 23.9 Å². The number of carboxylic acid groups (broad SMARTS) is 2. The van der Waals surface area contributed by atoms with Gasteiger partial charge in [-0.25, -0.2) is 19.2 Å². The molecule has 0 rings (SSSR count). The molecule has 0 amide bonds. The van der Waals surface area contributed by atoms with Gasteiger partial charge in [0.05, 0.1) is 14.2 Å². The molecule has 0 radical (unpaired) electrons. The second-order valence-corrected chi connectivity index (χ2v) is 3.15. The van der Waals surface area contributed by atoms with E-state index in [0.717, 1.165) is 0 Å². The molecule has 0 heterocycles. The summed E-state index contributed by atoms with van der Waals surface area (Å²) in [7, 11) is 2.66. The Hall–Kier alpha value is -2.64. The van der Waals surface area contributed by atoms with E-state index in [4.69, 9.17) is 19.8 Å². The number of hydrogen-bond donors (Lipinski definition) is 2. The molecule has 2 N–H and O–H groups in total. The van der Waals surface area contributed by atoms with Crippen molar-refractivity contribution in [1.82, 2.24) is 0 Å². The van der Waals surface area contributed by atoms with E-state index in [1.807, 2.05) is 0 Å². The summed E-state index contributed by atoms with van der Waals surface area (Å²) in [5, 5.41) is 14.8. The minimum Gasteiger partial charge on any atom is -0.473 e. The fourth-order valence-corrected chi connectivity index (χ4v) is 0.348. The van der Waals surface area contributed by atoms with Crippen molar-refractivity contribution in [2.45, 2.75) is 13.8 Å². The molecule has 0 aromatic carbocycles. The maximum absolute atomic E-state index is 10.2. The third kappa shape index (κ3) is 17.7.